The van der Waals surface area contributed by atoms with Gasteiger partial charge >= 0.3 is 0 Å². The monoisotopic (exact) mass is 488 g/mol. The molecular weight excluding hydrogens is 464 g/mol. The van der Waals surface area contributed by atoms with Crippen LogP contribution >= 0.6 is 11.8 Å². The molecule has 174 valence electrons. The van der Waals surface area contributed by atoms with E-state index in [1.54, 1.807) is 0 Å². The van der Waals surface area contributed by atoms with Gasteiger partial charge in [0.15, 0.2) is 0 Å². The second-order valence-electron chi connectivity index (χ2n) is 10.2. The van der Waals surface area contributed by atoms with Crippen molar-refractivity contribution in [3.63, 3.8) is 0 Å². The van der Waals surface area contributed by atoms with Gasteiger partial charge in [-0.1, -0.05) is 127 Å². The van der Waals surface area contributed by atoms with E-state index in [9.17, 15) is 0 Å². The largest absolute Gasteiger partial charge is 0.0888 e. The second-order valence-corrected chi connectivity index (χ2v) is 11.3. The summed E-state index contributed by atoms with van der Waals surface area (Å²) in [5.41, 5.74) is 11.9. The maximum Gasteiger partial charge on any atom is 0.0441 e. The molecule has 0 amide bonds. The van der Waals surface area contributed by atoms with Crippen molar-refractivity contribution >= 4 is 22.5 Å². The van der Waals surface area contributed by atoms with E-state index in [2.05, 4.69) is 134 Å². The number of hydrogen-bond acceptors (Lipinski definition) is 1. The van der Waals surface area contributed by atoms with Crippen LogP contribution in [0.4, 0.5) is 0 Å². The molecule has 6 aromatic carbocycles. The van der Waals surface area contributed by atoms with E-state index < -0.39 is 0 Å². The maximum absolute atomic E-state index is 2.41. The Bertz CT molecular complexity index is 1860. The molecule has 37 heavy (non-hydrogen) atoms. The smallest absolute Gasteiger partial charge is 0.0441 e. The number of hydrogen-bond donors (Lipinski definition) is 0. The van der Waals surface area contributed by atoms with Crippen LogP contribution in [-0.4, -0.2) is 0 Å². The minimum absolute atomic E-state index is 0.231. The lowest BCUT2D eigenvalue weighted by molar-refractivity contribution is 0.716. The molecule has 8 rings (SSSR count). The molecule has 0 saturated carbocycles. The van der Waals surface area contributed by atoms with E-state index in [-0.39, 0.29) is 5.41 Å². The molecule has 1 atom stereocenters. The number of fused-ring (bicyclic) bond motifs is 5. The third-order valence-electron chi connectivity index (χ3n) is 8.36. The molecule has 1 aliphatic heterocycles. The van der Waals surface area contributed by atoms with Gasteiger partial charge in [0.05, 0.1) is 0 Å². The summed E-state index contributed by atoms with van der Waals surface area (Å²) >= 11 is 1.89. The SMILES string of the molecule is CC1(c2ccccc2)c2ccccc2-c2cccc(-c3ccc4c5c(cccc35)-c3ccccc3S4)c21. The van der Waals surface area contributed by atoms with Gasteiger partial charge in [-0.2, -0.15) is 0 Å². The normalized spacial score (nSPS) is 16.8. The summed E-state index contributed by atoms with van der Waals surface area (Å²) in [5.74, 6) is 0. The first kappa shape index (κ1) is 21.1. The molecule has 0 saturated heterocycles. The van der Waals surface area contributed by atoms with Crippen molar-refractivity contribution in [1.82, 2.24) is 0 Å². The Morgan fingerprint density at radius 3 is 1.97 bits per heavy atom. The molecule has 1 unspecified atom stereocenters. The Morgan fingerprint density at radius 1 is 0.459 bits per heavy atom. The topological polar surface area (TPSA) is 0 Å². The van der Waals surface area contributed by atoms with E-state index in [0.29, 0.717) is 0 Å². The van der Waals surface area contributed by atoms with Crippen LogP contribution in [0.5, 0.6) is 0 Å². The molecule has 0 fully saturated rings. The van der Waals surface area contributed by atoms with Gasteiger partial charge in [-0.05, 0) is 74.5 Å². The lowest BCUT2D eigenvalue weighted by Gasteiger charge is -2.31. The summed E-state index contributed by atoms with van der Waals surface area (Å²) in [6.45, 7) is 2.41. The third kappa shape index (κ3) is 2.81. The van der Waals surface area contributed by atoms with Crippen LogP contribution in [-0.2, 0) is 5.41 Å². The van der Waals surface area contributed by atoms with Crippen LogP contribution in [0, 0.1) is 0 Å². The zero-order valence-corrected chi connectivity index (χ0v) is 21.3. The Kier molecular flexibility index (Phi) is 4.39. The number of rotatable bonds is 2. The van der Waals surface area contributed by atoms with E-state index in [0.717, 1.165) is 0 Å². The fourth-order valence-corrected chi connectivity index (χ4v) is 7.84. The molecule has 0 nitrogen and oxygen atoms in total. The van der Waals surface area contributed by atoms with Crippen molar-refractivity contribution < 1.29 is 0 Å². The van der Waals surface area contributed by atoms with Gasteiger partial charge in [0.25, 0.3) is 0 Å². The average molecular weight is 489 g/mol. The minimum atomic E-state index is -0.231. The predicted molar refractivity (Wildman–Crippen MR) is 156 cm³/mol. The molecule has 0 bridgehead atoms. The zero-order chi connectivity index (χ0) is 24.6. The predicted octanol–water partition coefficient (Wildman–Crippen LogP) is 9.97. The molecule has 0 spiro atoms. The summed E-state index contributed by atoms with van der Waals surface area (Å²) in [6.07, 6.45) is 0. The Labute approximate surface area is 221 Å². The van der Waals surface area contributed by atoms with Crippen molar-refractivity contribution in [2.75, 3.05) is 0 Å². The van der Waals surface area contributed by atoms with Crippen LogP contribution in [0.2, 0.25) is 0 Å². The summed E-state index contributed by atoms with van der Waals surface area (Å²) in [6, 6.07) is 47.2. The van der Waals surface area contributed by atoms with Crippen molar-refractivity contribution in [2.45, 2.75) is 22.1 Å². The number of benzene rings is 6. The van der Waals surface area contributed by atoms with Crippen LogP contribution < -0.4 is 0 Å². The lowest BCUT2D eigenvalue weighted by Crippen LogP contribution is -2.23. The van der Waals surface area contributed by atoms with Crippen molar-refractivity contribution in [3.8, 4) is 33.4 Å². The maximum atomic E-state index is 2.41. The van der Waals surface area contributed by atoms with Gasteiger partial charge in [-0.3, -0.25) is 0 Å². The van der Waals surface area contributed by atoms with Gasteiger partial charge in [0.1, 0.15) is 0 Å². The van der Waals surface area contributed by atoms with Crippen LogP contribution in [0.15, 0.2) is 137 Å². The van der Waals surface area contributed by atoms with E-state index in [4.69, 9.17) is 0 Å². The Hall–Kier alpha value is -4.07. The molecular formula is C36H24S. The molecule has 1 heteroatoms. The lowest BCUT2D eigenvalue weighted by atomic mass is 9.72. The summed E-state index contributed by atoms with van der Waals surface area (Å²) in [4.78, 5) is 2.68. The van der Waals surface area contributed by atoms with Gasteiger partial charge in [-0.15, -0.1) is 0 Å². The fraction of sp³-hybridized carbons (Fsp3) is 0.0556. The standard InChI is InChI=1S/C36H24S/c1-36(23-11-3-2-4-12-23)31-19-7-5-13-25(31)30-18-10-17-29(35(30)36)24-21-22-33-34-27(24)15-9-16-28(34)26-14-6-8-20-32(26)37-33/h2-22H,1H3. The van der Waals surface area contributed by atoms with Gasteiger partial charge in [-0.25, -0.2) is 0 Å². The quantitative estimate of drug-likeness (QED) is 0.233. The average Bonchev–Trinajstić information content (AvgIpc) is 3.24. The van der Waals surface area contributed by atoms with Crippen molar-refractivity contribution in [2.24, 2.45) is 0 Å². The van der Waals surface area contributed by atoms with Crippen LogP contribution in [0.3, 0.4) is 0 Å². The molecule has 0 aromatic heterocycles. The van der Waals surface area contributed by atoms with Gasteiger partial charge < -0.3 is 0 Å². The van der Waals surface area contributed by atoms with Crippen LogP contribution in [0.25, 0.3) is 44.2 Å². The van der Waals surface area contributed by atoms with E-state index >= 15 is 0 Å². The first-order valence-corrected chi connectivity index (χ1v) is 13.7. The van der Waals surface area contributed by atoms with E-state index in [1.807, 2.05) is 11.8 Å². The van der Waals surface area contributed by atoms with Crippen molar-refractivity contribution in [3.05, 3.63) is 144 Å². The molecule has 2 aliphatic rings. The zero-order valence-electron chi connectivity index (χ0n) is 20.5. The highest BCUT2D eigenvalue weighted by atomic mass is 32.2. The Balaban J connectivity index is 1.46. The van der Waals surface area contributed by atoms with Gasteiger partial charge in [0.2, 0.25) is 0 Å². The highest BCUT2D eigenvalue weighted by Crippen LogP contribution is 2.57. The summed E-state index contributed by atoms with van der Waals surface area (Å²) < 4.78 is 0. The molecule has 0 radical (unpaired) electrons. The molecule has 6 aromatic rings. The highest BCUT2D eigenvalue weighted by molar-refractivity contribution is 7.99. The van der Waals surface area contributed by atoms with Crippen molar-refractivity contribution in [1.29, 1.82) is 0 Å². The minimum Gasteiger partial charge on any atom is -0.0888 e. The first-order valence-electron chi connectivity index (χ1n) is 12.9. The van der Waals surface area contributed by atoms with E-state index in [1.165, 1.54) is 70.6 Å². The van der Waals surface area contributed by atoms with Crippen LogP contribution in [0.1, 0.15) is 23.6 Å². The first-order chi connectivity index (χ1) is 18.2. The third-order valence-corrected chi connectivity index (χ3v) is 9.50. The Morgan fingerprint density at radius 2 is 1.11 bits per heavy atom. The fourth-order valence-electron chi connectivity index (χ4n) is 6.72. The van der Waals surface area contributed by atoms with Gasteiger partial charge in [0, 0.05) is 20.6 Å². The highest BCUT2D eigenvalue weighted by Gasteiger charge is 2.42. The molecule has 1 aliphatic carbocycles. The summed E-state index contributed by atoms with van der Waals surface area (Å²) in [7, 11) is 0. The molecule has 0 N–H and O–H groups in total. The molecule has 1 heterocycles. The summed E-state index contributed by atoms with van der Waals surface area (Å²) in [5, 5.41) is 2.70. The second kappa shape index (κ2) is 7.71.